The number of nitrogens with zero attached hydrogens (tertiary/aromatic N) is 1. The molecule has 1 aromatic heterocycles. The largest absolute Gasteiger partial charge is 0.370 e. The minimum atomic E-state index is -0.198. The van der Waals surface area contributed by atoms with E-state index in [1.165, 1.54) is 9.47 Å². The Kier molecular flexibility index (Phi) is 6.82. The van der Waals surface area contributed by atoms with Crippen LogP contribution in [0.2, 0.25) is 5.02 Å². The summed E-state index contributed by atoms with van der Waals surface area (Å²) in [5.41, 5.74) is 1.76. The number of fused-ring (bicyclic) bond motifs is 1. The summed E-state index contributed by atoms with van der Waals surface area (Å²) >= 11 is 11.3. The Hall–Kier alpha value is -2.52. The summed E-state index contributed by atoms with van der Waals surface area (Å²) in [5.74, 6) is -0.167. The van der Waals surface area contributed by atoms with Crippen LogP contribution in [0.5, 0.6) is 0 Å². The highest BCUT2D eigenvalue weighted by atomic mass is 35.5. The van der Waals surface area contributed by atoms with Gasteiger partial charge in [0.2, 0.25) is 0 Å². The second kappa shape index (κ2) is 9.74. The number of ether oxygens (including phenoxy) is 1. The van der Waals surface area contributed by atoms with E-state index < -0.39 is 0 Å². The molecule has 4 rings (SSSR count). The van der Waals surface area contributed by atoms with E-state index in [0.717, 1.165) is 38.4 Å². The molecular weight excluding hydrogens is 436 g/mol. The van der Waals surface area contributed by atoms with Gasteiger partial charge in [0.1, 0.15) is 13.1 Å². The Morgan fingerprint density at radius 2 is 1.94 bits per heavy atom. The van der Waals surface area contributed by atoms with Crippen molar-refractivity contribution in [3.8, 4) is 0 Å². The number of H-pyrrole nitrogens is 1. The molecule has 2 aromatic carbocycles. The van der Waals surface area contributed by atoms with Gasteiger partial charge in [0.25, 0.3) is 11.5 Å². The molecule has 1 fully saturated rings. The fraction of sp³-hybridized carbons (Fsp3) is 0.318. The molecule has 0 unspecified atom stereocenters. The lowest BCUT2D eigenvalue weighted by Crippen LogP contribution is -3.14. The zero-order valence-corrected chi connectivity index (χ0v) is 18.5. The first-order valence-corrected chi connectivity index (χ1v) is 11.0. The average molecular weight is 460 g/mol. The topological polar surface area (TPSA) is 80.6 Å². The quantitative estimate of drug-likeness (QED) is 0.487. The van der Waals surface area contributed by atoms with Crippen LogP contribution < -0.4 is 15.8 Å². The van der Waals surface area contributed by atoms with Crippen molar-refractivity contribution >= 4 is 40.6 Å². The first-order chi connectivity index (χ1) is 15.0. The molecule has 1 aliphatic rings. The number of morpholine rings is 1. The molecule has 0 saturated carbocycles. The number of quaternary nitrogens is 1. The Labute approximate surface area is 189 Å². The van der Waals surface area contributed by atoms with Gasteiger partial charge >= 0.3 is 0 Å². The molecule has 1 saturated heterocycles. The zero-order valence-electron chi connectivity index (χ0n) is 16.9. The first-order valence-electron chi connectivity index (χ1n) is 10.2. The van der Waals surface area contributed by atoms with Crippen molar-refractivity contribution < 1.29 is 14.4 Å². The Morgan fingerprint density at radius 1 is 1.19 bits per heavy atom. The zero-order chi connectivity index (χ0) is 21.8. The van der Waals surface area contributed by atoms with Crippen molar-refractivity contribution in [1.29, 1.82) is 0 Å². The van der Waals surface area contributed by atoms with Crippen molar-refractivity contribution in [1.82, 2.24) is 14.9 Å². The van der Waals surface area contributed by atoms with E-state index in [0.29, 0.717) is 39.3 Å². The molecule has 0 bridgehead atoms. The molecule has 9 heteroatoms. The van der Waals surface area contributed by atoms with Crippen molar-refractivity contribution in [3.63, 3.8) is 0 Å². The van der Waals surface area contributed by atoms with Crippen molar-refractivity contribution in [2.24, 2.45) is 0 Å². The van der Waals surface area contributed by atoms with Gasteiger partial charge in [-0.25, -0.2) is 0 Å². The number of aromatic nitrogens is 2. The van der Waals surface area contributed by atoms with Gasteiger partial charge in [0, 0.05) is 10.6 Å². The van der Waals surface area contributed by atoms with Gasteiger partial charge in [0.05, 0.1) is 43.8 Å². The van der Waals surface area contributed by atoms with Gasteiger partial charge < -0.3 is 19.9 Å². The molecule has 2 heterocycles. The number of halogens is 1. The van der Waals surface area contributed by atoms with Crippen LogP contribution in [0.25, 0.3) is 10.9 Å². The van der Waals surface area contributed by atoms with Crippen LogP contribution in [-0.4, -0.2) is 54.9 Å². The number of carbonyl (C=O) groups is 1. The number of hydrogen-bond acceptors (Lipinski definition) is 4. The van der Waals surface area contributed by atoms with E-state index in [1.807, 2.05) is 12.1 Å². The molecule has 3 N–H and O–H groups in total. The molecule has 7 nitrogen and oxygen atoms in total. The van der Waals surface area contributed by atoms with Gasteiger partial charge in [-0.3, -0.25) is 14.2 Å². The maximum atomic E-state index is 13.0. The van der Waals surface area contributed by atoms with Crippen LogP contribution in [0.1, 0.15) is 15.9 Å². The summed E-state index contributed by atoms with van der Waals surface area (Å²) in [7, 11) is 0. The lowest BCUT2D eigenvalue weighted by Gasteiger charge is -2.23. The smallest absolute Gasteiger partial charge is 0.262 e. The number of amides is 1. The first kappa shape index (κ1) is 21.7. The molecule has 162 valence electrons. The molecule has 31 heavy (non-hydrogen) atoms. The van der Waals surface area contributed by atoms with Crippen LogP contribution in [-0.2, 0) is 11.3 Å². The number of hydrogen-bond donors (Lipinski definition) is 3. The number of carbonyl (C=O) groups excluding carboxylic acids is 1. The van der Waals surface area contributed by atoms with Gasteiger partial charge in [-0.1, -0.05) is 23.7 Å². The van der Waals surface area contributed by atoms with E-state index in [9.17, 15) is 9.59 Å². The third-order valence-electron chi connectivity index (χ3n) is 5.46. The lowest BCUT2D eigenvalue weighted by atomic mass is 10.1. The molecular formula is C22H24ClN4O3S+. The molecule has 1 amide bonds. The fourth-order valence-corrected chi connectivity index (χ4v) is 4.06. The minimum absolute atomic E-state index is 0.167. The van der Waals surface area contributed by atoms with Crippen molar-refractivity contribution in [3.05, 3.63) is 73.7 Å². The highest BCUT2D eigenvalue weighted by Gasteiger charge is 2.15. The number of benzene rings is 2. The summed E-state index contributed by atoms with van der Waals surface area (Å²) in [6.07, 6.45) is 0. The summed E-state index contributed by atoms with van der Waals surface area (Å²) in [6.45, 7) is 5.25. The lowest BCUT2D eigenvalue weighted by molar-refractivity contribution is -0.906. The van der Waals surface area contributed by atoms with Crippen LogP contribution in [0, 0.1) is 4.77 Å². The second-order valence-corrected chi connectivity index (χ2v) is 8.40. The third-order valence-corrected chi connectivity index (χ3v) is 6.04. The summed E-state index contributed by atoms with van der Waals surface area (Å²) in [6, 6.07) is 12.3. The number of nitrogens with one attached hydrogen (secondary N) is 3. The Morgan fingerprint density at radius 3 is 2.68 bits per heavy atom. The minimum Gasteiger partial charge on any atom is -0.370 e. The van der Waals surface area contributed by atoms with Crippen LogP contribution in [0.4, 0.5) is 0 Å². The maximum Gasteiger partial charge on any atom is 0.262 e. The standard InChI is InChI=1S/C22H23ClN4O3S/c23-17-4-1-15(2-5-17)14-27-21(29)18-6-3-16(13-19(18)25-22(27)31)20(28)24-7-8-26-9-11-30-12-10-26/h1-6,13H,7-12,14H2,(H,24,28)(H,25,31)/p+1. The predicted molar refractivity (Wildman–Crippen MR) is 123 cm³/mol. The molecule has 3 aromatic rings. The molecule has 1 aliphatic heterocycles. The van der Waals surface area contributed by atoms with Crippen LogP contribution in [0.3, 0.4) is 0 Å². The Balaban J connectivity index is 1.50. The number of rotatable bonds is 6. The normalized spacial score (nSPS) is 14.6. The van der Waals surface area contributed by atoms with E-state index in [4.69, 9.17) is 28.6 Å². The van der Waals surface area contributed by atoms with Crippen molar-refractivity contribution in [2.75, 3.05) is 39.4 Å². The van der Waals surface area contributed by atoms with Crippen LogP contribution >= 0.6 is 23.8 Å². The van der Waals surface area contributed by atoms with E-state index in [1.54, 1.807) is 30.3 Å². The van der Waals surface area contributed by atoms with Crippen molar-refractivity contribution in [2.45, 2.75) is 6.54 Å². The highest BCUT2D eigenvalue weighted by Crippen LogP contribution is 2.13. The predicted octanol–water partition coefficient (Wildman–Crippen LogP) is 1.41. The summed E-state index contributed by atoms with van der Waals surface area (Å²) in [4.78, 5) is 30.1. The van der Waals surface area contributed by atoms with Gasteiger partial charge in [-0.15, -0.1) is 0 Å². The van der Waals surface area contributed by atoms with E-state index >= 15 is 0 Å². The van der Waals surface area contributed by atoms with E-state index in [-0.39, 0.29) is 11.5 Å². The molecule has 0 atom stereocenters. The second-order valence-electron chi connectivity index (χ2n) is 7.58. The van der Waals surface area contributed by atoms with Crippen LogP contribution in [0.15, 0.2) is 47.3 Å². The molecule has 0 spiro atoms. The molecule has 0 aliphatic carbocycles. The SMILES string of the molecule is O=C(NCC[NH+]1CCOCC1)c1ccc2c(=O)n(Cc3ccc(Cl)cc3)c(=S)[nH]c2c1. The fourth-order valence-electron chi connectivity index (χ4n) is 3.68. The van der Waals surface area contributed by atoms with Gasteiger partial charge in [-0.2, -0.15) is 0 Å². The number of aromatic amines is 1. The summed E-state index contributed by atoms with van der Waals surface area (Å²) < 4.78 is 7.16. The van der Waals surface area contributed by atoms with E-state index in [2.05, 4.69) is 10.3 Å². The Bertz CT molecular complexity index is 1200. The van der Waals surface area contributed by atoms with Gasteiger partial charge in [0.15, 0.2) is 4.77 Å². The average Bonchev–Trinajstić information content (AvgIpc) is 2.78. The monoisotopic (exact) mass is 459 g/mol. The van der Waals surface area contributed by atoms with Gasteiger partial charge in [-0.05, 0) is 48.1 Å². The molecule has 0 radical (unpaired) electrons. The maximum absolute atomic E-state index is 13.0. The summed E-state index contributed by atoms with van der Waals surface area (Å²) in [5, 5.41) is 4.07. The highest BCUT2D eigenvalue weighted by molar-refractivity contribution is 7.71. The third kappa shape index (κ3) is 5.22.